The number of hydrogen-bond donors (Lipinski definition) is 2. The highest BCUT2D eigenvalue weighted by Crippen LogP contribution is 2.24. The average molecular weight is 400 g/mol. The fourth-order valence-corrected chi connectivity index (χ4v) is 3.13. The molecule has 0 fully saturated rings. The van der Waals surface area contributed by atoms with Crippen LogP contribution in [0.4, 0.5) is 11.4 Å². The van der Waals surface area contributed by atoms with Crippen molar-refractivity contribution in [1.29, 1.82) is 0 Å². The molecule has 0 radical (unpaired) electrons. The van der Waals surface area contributed by atoms with Crippen LogP contribution in [0, 0.1) is 13.8 Å². The Labute approximate surface area is 154 Å². The molecule has 0 saturated carbocycles. The minimum absolute atomic E-state index is 0.112. The van der Waals surface area contributed by atoms with Gasteiger partial charge in [0.2, 0.25) is 5.91 Å². The van der Waals surface area contributed by atoms with Crippen LogP contribution in [0.1, 0.15) is 17.5 Å². The van der Waals surface area contributed by atoms with Gasteiger partial charge in [0.05, 0.1) is 11.4 Å². The number of nitrogens with zero attached hydrogens (tertiary/aromatic N) is 1. The van der Waals surface area contributed by atoms with E-state index < -0.39 is 0 Å². The van der Waals surface area contributed by atoms with Gasteiger partial charge in [-0.25, -0.2) is 5.01 Å². The highest BCUT2D eigenvalue weighted by molar-refractivity contribution is 9.10. The third-order valence-electron chi connectivity index (χ3n) is 3.84. The SMILES string of the molecule is Cc1cccc(N2NC(C(=O)Nc3ccc(C)cc3Br)=CCC2=O)c1. The molecule has 6 heteroatoms. The van der Waals surface area contributed by atoms with E-state index in [-0.39, 0.29) is 18.2 Å². The van der Waals surface area contributed by atoms with Gasteiger partial charge in [0, 0.05) is 10.9 Å². The van der Waals surface area contributed by atoms with Crippen LogP contribution in [0.5, 0.6) is 0 Å². The number of carbonyl (C=O) groups excluding carboxylic acids is 2. The molecule has 0 unspecified atom stereocenters. The molecule has 2 N–H and O–H groups in total. The standard InChI is InChI=1S/C19H18BrN3O2/c1-12-4-3-5-14(10-12)23-18(24)9-8-17(22-23)19(25)21-16-7-6-13(2)11-15(16)20/h3-8,10-11,22H,9H2,1-2H3,(H,21,25). The molecule has 3 rings (SSSR count). The Hall–Kier alpha value is -2.60. The molecule has 5 nitrogen and oxygen atoms in total. The normalized spacial score (nSPS) is 14.0. The van der Waals surface area contributed by atoms with Crippen molar-refractivity contribution in [2.75, 3.05) is 10.3 Å². The summed E-state index contributed by atoms with van der Waals surface area (Å²) in [7, 11) is 0. The first kappa shape index (κ1) is 17.2. The maximum absolute atomic E-state index is 12.6. The monoisotopic (exact) mass is 399 g/mol. The molecule has 1 heterocycles. The summed E-state index contributed by atoms with van der Waals surface area (Å²) in [6.07, 6.45) is 1.77. The summed E-state index contributed by atoms with van der Waals surface area (Å²) in [5.74, 6) is -0.409. The smallest absolute Gasteiger partial charge is 0.273 e. The number of anilines is 2. The van der Waals surface area contributed by atoms with E-state index in [4.69, 9.17) is 0 Å². The number of nitrogens with one attached hydrogen (secondary N) is 2. The Kier molecular flexibility index (Phi) is 4.90. The van der Waals surface area contributed by atoms with Crippen LogP contribution in [0.2, 0.25) is 0 Å². The summed E-state index contributed by atoms with van der Waals surface area (Å²) < 4.78 is 0.809. The van der Waals surface area contributed by atoms with Crippen LogP contribution in [-0.4, -0.2) is 11.8 Å². The predicted octanol–water partition coefficient (Wildman–Crippen LogP) is 3.83. The number of benzene rings is 2. The van der Waals surface area contributed by atoms with Crippen molar-refractivity contribution in [3.05, 3.63) is 69.8 Å². The topological polar surface area (TPSA) is 61.4 Å². The molecule has 2 amide bonds. The largest absolute Gasteiger partial charge is 0.320 e. The zero-order chi connectivity index (χ0) is 18.0. The van der Waals surface area contributed by atoms with E-state index >= 15 is 0 Å². The van der Waals surface area contributed by atoms with Crippen LogP contribution in [-0.2, 0) is 9.59 Å². The number of hydrogen-bond acceptors (Lipinski definition) is 3. The van der Waals surface area contributed by atoms with Crippen molar-refractivity contribution >= 4 is 39.1 Å². The van der Waals surface area contributed by atoms with E-state index in [0.29, 0.717) is 17.1 Å². The molecule has 0 aliphatic carbocycles. The van der Waals surface area contributed by atoms with E-state index in [1.165, 1.54) is 5.01 Å². The zero-order valence-electron chi connectivity index (χ0n) is 14.0. The van der Waals surface area contributed by atoms with E-state index in [1.54, 1.807) is 6.08 Å². The summed E-state index contributed by atoms with van der Waals surface area (Å²) in [5, 5.41) is 4.26. The van der Waals surface area contributed by atoms with E-state index in [2.05, 4.69) is 26.7 Å². The fraction of sp³-hybridized carbons (Fsp3) is 0.158. The van der Waals surface area contributed by atoms with Crippen molar-refractivity contribution in [3.63, 3.8) is 0 Å². The highest BCUT2D eigenvalue weighted by Gasteiger charge is 2.24. The summed E-state index contributed by atoms with van der Waals surface area (Å²) in [5.41, 5.74) is 6.77. The lowest BCUT2D eigenvalue weighted by molar-refractivity contribution is -0.119. The number of amides is 2. The molecule has 25 heavy (non-hydrogen) atoms. The van der Waals surface area contributed by atoms with Crippen LogP contribution in [0.15, 0.2) is 58.7 Å². The third-order valence-corrected chi connectivity index (χ3v) is 4.50. The highest BCUT2D eigenvalue weighted by atomic mass is 79.9. The van der Waals surface area contributed by atoms with E-state index in [9.17, 15) is 9.59 Å². The van der Waals surface area contributed by atoms with Crippen molar-refractivity contribution < 1.29 is 9.59 Å². The lowest BCUT2D eigenvalue weighted by Crippen LogP contribution is -2.47. The molecule has 128 valence electrons. The van der Waals surface area contributed by atoms with Crippen molar-refractivity contribution in [2.45, 2.75) is 20.3 Å². The van der Waals surface area contributed by atoms with Gasteiger partial charge in [0.1, 0.15) is 5.70 Å². The van der Waals surface area contributed by atoms with Gasteiger partial charge < -0.3 is 5.32 Å². The number of hydrazine groups is 1. The van der Waals surface area contributed by atoms with Gasteiger partial charge in [0.15, 0.2) is 0 Å². The molecule has 0 atom stereocenters. The van der Waals surface area contributed by atoms with Gasteiger partial charge >= 0.3 is 0 Å². The number of carbonyl (C=O) groups is 2. The molecular weight excluding hydrogens is 382 g/mol. The van der Waals surface area contributed by atoms with Gasteiger partial charge in [-0.05, 0) is 71.2 Å². The molecule has 2 aromatic carbocycles. The Balaban J connectivity index is 1.78. The summed E-state index contributed by atoms with van der Waals surface area (Å²) in [4.78, 5) is 24.8. The van der Waals surface area contributed by atoms with Crippen LogP contribution >= 0.6 is 15.9 Å². The molecule has 0 aromatic heterocycles. The molecule has 1 aliphatic heterocycles. The van der Waals surface area contributed by atoms with Crippen LogP contribution < -0.4 is 15.8 Å². The second kappa shape index (κ2) is 7.11. The Morgan fingerprint density at radius 2 is 1.92 bits per heavy atom. The summed E-state index contributed by atoms with van der Waals surface area (Å²) in [6.45, 7) is 3.93. The van der Waals surface area contributed by atoms with Crippen LogP contribution in [0.25, 0.3) is 0 Å². The number of aryl methyl sites for hydroxylation is 2. The Morgan fingerprint density at radius 1 is 1.16 bits per heavy atom. The minimum Gasteiger partial charge on any atom is -0.320 e. The maximum atomic E-state index is 12.6. The van der Waals surface area contributed by atoms with Gasteiger partial charge in [-0.1, -0.05) is 18.2 Å². The van der Waals surface area contributed by atoms with Gasteiger partial charge in [-0.15, -0.1) is 0 Å². The average Bonchev–Trinajstić information content (AvgIpc) is 2.57. The first-order chi connectivity index (χ1) is 11.9. The minimum atomic E-state index is -0.297. The molecule has 0 spiro atoms. The fourth-order valence-electron chi connectivity index (χ4n) is 2.54. The maximum Gasteiger partial charge on any atom is 0.273 e. The Bertz CT molecular complexity index is 877. The quantitative estimate of drug-likeness (QED) is 0.824. The molecule has 1 aliphatic rings. The third kappa shape index (κ3) is 3.91. The van der Waals surface area contributed by atoms with E-state index in [1.807, 2.05) is 56.3 Å². The van der Waals surface area contributed by atoms with Gasteiger partial charge in [0.25, 0.3) is 5.91 Å². The van der Waals surface area contributed by atoms with Gasteiger partial charge in [-0.2, -0.15) is 0 Å². The van der Waals surface area contributed by atoms with Crippen molar-refractivity contribution in [3.8, 4) is 0 Å². The first-order valence-electron chi connectivity index (χ1n) is 7.88. The summed E-state index contributed by atoms with van der Waals surface area (Å²) in [6, 6.07) is 13.2. The van der Waals surface area contributed by atoms with Crippen LogP contribution in [0.3, 0.4) is 0 Å². The predicted molar refractivity (Wildman–Crippen MR) is 102 cm³/mol. The lowest BCUT2D eigenvalue weighted by atomic mass is 10.2. The first-order valence-corrected chi connectivity index (χ1v) is 8.67. The number of rotatable bonds is 3. The Morgan fingerprint density at radius 3 is 2.64 bits per heavy atom. The molecule has 0 saturated heterocycles. The molecule has 0 bridgehead atoms. The number of halogens is 1. The second-order valence-corrected chi connectivity index (χ2v) is 6.79. The summed E-state index contributed by atoms with van der Waals surface area (Å²) >= 11 is 3.45. The lowest BCUT2D eigenvalue weighted by Gasteiger charge is -2.28. The zero-order valence-corrected chi connectivity index (χ0v) is 15.6. The van der Waals surface area contributed by atoms with E-state index in [0.717, 1.165) is 15.6 Å². The molecule has 2 aromatic rings. The van der Waals surface area contributed by atoms with Crippen molar-refractivity contribution in [2.24, 2.45) is 0 Å². The second-order valence-electron chi connectivity index (χ2n) is 5.94. The van der Waals surface area contributed by atoms with Crippen molar-refractivity contribution in [1.82, 2.24) is 5.43 Å². The molecular formula is C19H18BrN3O2. The van der Waals surface area contributed by atoms with Gasteiger partial charge in [-0.3, -0.25) is 15.0 Å².